The number of halogens is 3. The summed E-state index contributed by atoms with van der Waals surface area (Å²) in [7, 11) is 1.53. The average molecular weight is 591 g/mol. The van der Waals surface area contributed by atoms with E-state index >= 15 is 0 Å². The second-order valence-corrected chi connectivity index (χ2v) is 9.15. The van der Waals surface area contributed by atoms with Crippen LogP contribution in [0.4, 0.5) is 5.69 Å². The average Bonchev–Trinajstić information content (AvgIpc) is 2.80. The normalized spacial score (nSPS) is 11.0. The number of nitrogens with one attached hydrogen (secondary N) is 1. The Morgan fingerprint density at radius 3 is 2.64 bits per heavy atom. The second-order valence-electron chi connectivity index (χ2n) is 6.97. The van der Waals surface area contributed by atoms with Crippen LogP contribution in [0.15, 0.2) is 69.1 Å². The molecule has 3 aromatic carbocycles. The molecule has 3 aromatic rings. The van der Waals surface area contributed by atoms with E-state index in [2.05, 4.69) is 37.2 Å². The highest BCUT2D eigenvalue weighted by atomic mass is 79.9. The number of carbonyl (C=O) groups excluding carboxylic acids is 1. The maximum Gasteiger partial charge on any atom is 0.266 e. The zero-order chi connectivity index (χ0) is 24.0. The first-order chi connectivity index (χ1) is 15.8. The van der Waals surface area contributed by atoms with E-state index in [4.69, 9.17) is 21.1 Å². The van der Waals surface area contributed by atoms with Gasteiger partial charge in [0.05, 0.1) is 7.11 Å². The predicted molar refractivity (Wildman–Crippen MR) is 138 cm³/mol. The molecule has 0 bridgehead atoms. The fourth-order valence-electron chi connectivity index (χ4n) is 2.94. The molecule has 0 saturated heterocycles. The Balaban J connectivity index is 1.78. The van der Waals surface area contributed by atoms with Crippen LogP contribution in [0.2, 0.25) is 5.02 Å². The van der Waals surface area contributed by atoms with Gasteiger partial charge in [0.25, 0.3) is 5.91 Å². The molecule has 0 aliphatic carbocycles. The van der Waals surface area contributed by atoms with Crippen LogP contribution in [-0.2, 0) is 11.4 Å². The predicted octanol–water partition coefficient (Wildman–Crippen LogP) is 7.31. The molecule has 5 nitrogen and oxygen atoms in total. The Hall–Kier alpha value is -2.79. The third kappa shape index (κ3) is 6.38. The highest BCUT2D eigenvalue weighted by Crippen LogP contribution is 2.31. The molecule has 3 rings (SSSR count). The van der Waals surface area contributed by atoms with Crippen LogP contribution < -0.4 is 14.8 Å². The van der Waals surface area contributed by atoms with E-state index in [1.54, 1.807) is 43.3 Å². The molecule has 0 heterocycles. The fourth-order valence-corrected chi connectivity index (χ4v) is 4.27. The molecule has 0 spiro atoms. The number of benzene rings is 3. The summed E-state index contributed by atoms with van der Waals surface area (Å²) in [6.07, 6.45) is 1.49. The number of amides is 1. The maximum atomic E-state index is 12.6. The first-order valence-corrected chi connectivity index (χ1v) is 11.7. The van der Waals surface area contributed by atoms with E-state index in [1.165, 1.54) is 13.2 Å². The number of anilines is 1. The number of hydrogen-bond donors (Lipinski definition) is 1. The summed E-state index contributed by atoms with van der Waals surface area (Å²) in [6.45, 7) is 2.13. The number of nitrogens with zero attached hydrogens (tertiary/aromatic N) is 1. The third-order valence-corrected chi connectivity index (χ3v) is 6.42. The van der Waals surface area contributed by atoms with Crippen LogP contribution in [0.3, 0.4) is 0 Å². The number of rotatable bonds is 7. The van der Waals surface area contributed by atoms with Crippen LogP contribution >= 0.6 is 43.5 Å². The van der Waals surface area contributed by atoms with Crippen molar-refractivity contribution in [1.82, 2.24) is 0 Å². The van der Waals surface area contributed by atoms with Crippen LogP contribution in [-0.4, -0.2) is 13.0 Å². The Morgan fingerprint density at radius 1 is 1.15 bits per heavy atom. The summed E-state index contributed by atoms with van der Waals surface area (Å²) in [5.74, 6) is 0.504. The quantitative estimate of drug-likeness (QED) is 0.231. The molecular formula is C25H19Br2ClN2O3. The smallest absolute Gasteiger partial charge is 0.266 e. The Morgan fingerprint density at radius 2 is 1.94 bits per heavy atom. The molecule has 0 aromatic heterocycles. The summed E-state index contributed by atoms with van der Waals surface area (Å²) < 4.78 is 13.3. The minimum Gasteiger partial charge on any atom is -0.493 e. The molecule has 0 aliphatic rings. The highest BCUT2D eigenvalue weighted by molar-refractivity contribution is 9.11. The van der Waals surface area contributed by atoms with Crippen molar-refractivity contribution >= 4 is 61.1 Å². The molecule has 0 radical (unpaired) electrons. The van der Waals surface area contributed by atoms with Crippen molar-refractivity contribution in [2.45, 2.75) is 13.5 Å². The lowest BCUT2D eigenvalue weighted by atomic mass is 10.1. The molecule has 0 atom stereocenters. The standard InChI is InChI=1S/C25H19Br2ClN2O3/c1-15-21(28)4-3-5-22(15)30-25(31)18(13-29)10-16-6-9-23(24(11-16)32-2)33-14-17-7-8-19(26)12-20(17)27/h3-12H,14H2,1-2H3,(H,30,31)/b18-10-. The Kier molecular flexibility index (Phi) is 8.56. The highest BCUT2D eigenvalue weighted by Gasteiger charge is 2.13. The maximum absolute atomic E-state index is 12.6. The van der Waals surface area contributed by atoms with E-state index in [-0.39, 0.29) is 5.57 Å². The fraction of sp³-hybridized carbons (Fsp3) is 0.120. The minimum atomic E-state index is -0.526. The van der Waals surface area contributed by atoms with Gasteiger partial charge in [0.1, 0.15) is 18.2 Å². The van der Waals surface area contributed by atoms with Gasteiger partial charge in [0.15, 0.2) is 11.5 Å². The Labute approximate surface area is 214 Å². The zero-order valence-electron chi connectivity index (χ0n) is 17.8. The van der Waals surface area contributed by atoms with Gasteiger partial charge < -0.3 is 14.8 Å². The van der Waals surface area contributed by atoms with Gasteiger partial charge in [0.2, 0.25) is 0 Å². The van der Waals surface area contributed by atoms with Crippen LogP contribution in [0.25, 0.3) is 6.08 Å². The largest absolute Gasteiger partial charge is 0.493 e. The van der Waals surface area contributed by atoms with Gasteiger partial charge in [-0.3, -0.25) is 4.79 Å². The summed E-state index contributed by atoms with van der Waals surface area (Å²) in [4.78, 5) is 12.6. The molecular weight excluding hydrogens is 572 g/mol. The van der Waals surface area contributed by atoms with Crippen molar-refractivity contribution in [2.24, 2.45) is 0 Å². The number of methoxy groups -OCH3 is 1. The van der Waals surface area contributed by atoms with Crippen molar-refractivity contribution in [3.05, 3.63) is 90.8 Å². The van der Waals surface area contributed by atoms with Gasteiger partial charge in [-0.2, -0.15) is 5.26 Å². The first-order valence-electron chi connectivity index (χ1n) is 9.75. The minimum absolute atomic E-state index is 0.0520. The molecule has 168 valence electrons. The molecule has 1 N–H and O–H groups in total. The number of hydrogen-bond acceptors (Lipinski definition) is 4. The molecule has 1 amide bonds. The van der Waals surface area contributed by atoms with E-state index in [1.807, 2.05) is 24.3 Å². The van der Waals surface area contributed by atoms with Crippen LogP contribution in [0.1, 0.15) is 16.7 Å². The van der Waals surface area contributed by atoms with Crippen molar-refractivity contribution < 1.29 is 14.3 Å². The van der Waals surface area contributed by atoms with E-state index < -0.39 is 5.91 Å². The van der Waals surface area contributed by atoms with Crippen LogP contribution in [0, 0.1) is 18.3 Å². The van der Waals surface area contributed by atoms with Crippen molar-refractivity contribution in [2.75, 3.05) is 12.4 Å². The summed E-state index contributed by atoms with van der Waals surface area (Å²) in [6, 6.07) is 18.2. The second kappa shape index (κ2) is 11.4. The molecule has 8 heteroatoms. The monoisotopic (exact) mass is 588 g/mol. The summed E-state index contributed by atoms with van der Waals surface area (Å²) in [5.41, 5.74) is 2.82. The lowest BCUT2D eigenvalue weighted by Gasteiger charge is -2.13. The number of nitriles is 1. The van der Waals surface area contributed by atoms with Gasteiger partial charge >= 0.3 is 0 Å². The van der Waals surface area contributed by atoms with Gasteiger partial charge in [0, 0.05) is 25.2 Å². The lowest BCUT2D eigenvalue weighted by molar-refractivity contribution is -0.112. The van der Waals surface area contributed by atoms with E-state index in [0.29, 0.717) is 34.4 Å². The number of carbonyl (C=O) groups is 1. The molecule has 0 fully saturated rings. The van der Waals surface area contributed by atoms with Gasteiger partial charge in [-0.15, -0.1) is 0 Å². The number of ether oxygens (including phenoxy) is 2. The molecule has 33 heavy (non-hydrogen) atoms. The van der Waals surface area contributed by atoms with Crippen molar-refractivity contribution in [3.63, 3.8) is 0 Å². The van der Waals surface area contributed by atoms with Crippen molar-refractivity contribution in [1.29, 1.82) is 5.26 Å². The van der Waals surface area contributed by atoms with Gasteiger partial charge in [-0.1, -0.05) is 61.7 Å². The van der Waals surface area contributed by atoms with E-state index in [0.717, 1.165) is 20.1 Å². The zero-order valence-corrected chi connectivity index (χ0v) is 21.7. The molecule has 0 aliphatic heterocycles. The topological polar surface area (TPSA) is 71.3 Å². The van der Waals surface area contributed by atoms with E-state index in [9.17, 15) is 10.1 Å². The van der Waals surface area contributed by atoms with Crippen LogP contribution in [0.5, 0.6) is 11.5 Å². The third-order valence-electron chi connectivity index (χ3n) is 4.78. The Bertz CT molecular complexity index is 1270. The summed E-state index contributed by atoms with van der Waals surface area (Å²) >= 11 is 13.1. The molecule has 0 saturated carbocycles. The molecule has 0 unspecified atom stereocenters. The SMILES string of the molecule is COc1cc(/C=C(/C#N)C(=O)Nc2cccc(Cl)c2C)ccc1OCc1ccc(Br)cc1Br. The van der Waals surface area contributed by atoms with Crippen molar-refractivity contribution in [3.8, 4) is 17.6 Å². The van der Waals surface area contributed by atoms with Gasteiger partial charge in [-0.25, -0.2) is 0 Å². The first kappa shape index (κ1) is 24.8. The van der Waals surface area contributed by atoms with Gasteiger partial charge in [-0.05, 0) is 60.5 Å². The summed E-state index contributed by atoms with van der Waals surface area (Å²) in [5, 5.41) is 12.8. The lowest BCUT2D eigenvalue weighted by Crippen LogP contribution is -2.14.